The van der Waals surface area contributed by atoms with Crippen LogP contribution in [0.2, 0.25) is 0 Å². The highest BCUT2D eigenvalue weighted by Crippen LogP contribution is 2.33. The highest BCUT2D eigenvalue weighted by atomic mass is 16.5. The van der Waals surface area contributed by atoms with E-state index < -0.39 is 0 Å². The SMILES string of the molecule is COc1cc(CN2CC(Nc3nc(N)nc4[nH]ncc34)Cc3ccccc32)ccc1OCc1ccccc1. The van der Waals surface area contributed by atoms with Crippen LogP contribution in [-0.2, 0) is 19.6 Å². The Kier molecular flexibility index (Phi) is 6.39. The lowest BCUT2D eigenvalue weighted by Crippen LogP contribution is -2.42. The number of ether oxygens (including phenoxy) is 2. The molecule has 9 heteroatoms. The summed E-state index contributed by atoms with van der Waals surface area (Å²) in [4.78, 5) is 11.1. The van der Waals surface area contributed by atoms with Crippen LogP contribution in [0.25, 0.3) is 11.0 Å². The zero-order valence-corrected chi connectivity index (χ0v) is 21.1. The second kappa shape index (κ2) is 10.3. The minimum atomic E-state index is 0.118. The Labute approximate surface area is 220 Å². The standard InChI is InChI=1S/C29H29N7O2/c1-37-26-13-20(11-12-25(26)38-18-19-7-3-2-4-8-19)16-36-17-22(14-21-9-5-6-10-24(21)36)32-27-23-15-31-35-28(23)34-29(30)33-27/h2-13,15,22H,14,16-18H2,1H3,(H4,30,31,32,33,34,35). The molecule has 0 bridgehead atoms. The van der Waals surface area contributed by atoms with Crippen molar-refractivity contribution >= 4 is 28.5 Å². The monoisotopic (exact) mass is 507 g/mol. The number of anilines is 3. The Morgan fingerprint density at radius 1 is 1.00 bits per heavy atom. The molecule has 1 unspecified atom stereocenters. The summed E-state index contributed by atoms with van der Waals surface area (Å²) in [5.74, 6) is 2.34. The molecule has 192 valence electrons. The topological polar surface area (TPSA) is 114 Å². The number of aromatic nitrogens is 4. The van der Waals surface area contributed by atoms with Gasteiger partial charge in [0.2, 0.25) is 5.95 Å². The first-order valence-corrected chi connectivity index (χ1v) is 12.6. The van der Waals surface area contributed by atoms with Crippen molar-refractivity contribution in [3.63, 3.8) is 0 Å². The summed E-state index contributed by atoms with van der Waals surface area (Å²) in [6, 6.07) is 24.9. The Bertz CT molecular complexity index is 1550. The van der Waals surface area contributed by atoms with Gasteiger partial charge in [-0.15, -0.1) is 0 Å². The molecular formula is C29H29N7O2. The van der Waals surface area contributed by atoms with Crippen LogP contribution in [0.1, 0.15) is 16.7 Å². The molecule has 2 aromatic heterocycles. The molecule has 0 spiro atoms. The van der Waals surface area contributed by atoms with Gasteiger partial charge < -0.3 is 25.4 Å². The van der Waals surface area contributed by atoms with Crippen molar-refractivity contribution in [1.29, 1.82) is 0 Å². The highest BCUT2D eigenvalue weighted by Gasteiger charge is 2.26. The van der Waals surface area contributed by atoms with E-state index in [0.717, 1.165) is 47.5 Å². The maximum Gasteiger partial charge on any atom is 0.224 e. The molecule has 1 atom stereocenters. The number of nitrogens with zero attached hydrogens (tertiary/aromatic N) is 4. The number of methoxy groups -OCH3 is 1. The van der Waals surface area contributed by atoms with Gasteiger partial charge in [0.05, 0.1) is 18.7 Å². The third-order valence-electron chi connectivity index (χ3n) is 6.75. The Hall–Kier alpha value is -4.79. The van der Waals surface area contributed by atoms with Crippen LogP contribution in [-0.4, -0.2) is 39.9 Å². The molecule has 4 N–H and O–H groups in total. The van der Waals surface area contributed by atoms with E-state index >= 15 is 0 Å². The Balaban J connectivity index is 1.22. The average Bonchev–Trinajstić information content (AvgIpc) is 3.41. The highest BCUT2D eigenvalue weighted by molar-refractivity contribution is 5.87. The average molecular weight is 508 g/mol. The molecule has 9 nitrogen and oxygen atoms in total. The molecule has 3 aromatic carbocycles. The van der Waals surface area contributed by atoms with E-state index in [1.54, 1.807) is 13.3 Å². The van der Waals surface area contributed by atoms with Crippen LogP contribution < -0.4 is 25.4 Å². The molecule has 0 saturated heterocycles. The van der Waals surface area contributed by atoms with Crippen LogP contribution in [0.4, 0.5) is 17.5 Å². The fourth-order valence-electron chi connectivity index (χ4n) is 4.97. The molecule has 0 radical (unpaired) electrons. The van der Waals surface area contributed by atoms with E-state index in [9.17, 15) is 0 Å². The predicted octanol–water partition coefficient (Wildman–Crippen LogP) is 4.57. The molecule has 3 heterocycles. The maximum absolute atomic E-state index is 6.06. The fourth-order valence-corrected chi connectivity index (χ4v) is 4.97. The Morgan fingerprint density at radius 3 is 2.71 bits per heavy atom. The van der Waals surface area contributed by atoms with Crippen molar-refractivity contribution in [2.75, 3.05) is 29.6 Å². The molecule has 0 saturated carbocycles. The number of fused-ring (bicyclic) bond motifs is 2. The van der Waals surface area contributed by atoms with Crippen molar-refractivity contribution in [3.05, 3.63) is 95.7 Å². The van der Waals surface area contributed by atoms with Gasteiger partial charge in [-0.2, -0.15) is 15.1 Å². The lowest BCUT2D eigenvalue weighted by atomic mass is 9.97. The zero-order chi connectivity index (χ0) is 25.9. The third-order valence-corrected chi connectivity index (χ3v) is 6.75. The molecule has 0 amide bonds. The van der Waals surface area contributed by atoms with Crippen LogP contribution >= 0.6 is 0 Å². The van der Waals surface area contributed by atoms with Gasteiger partial charge in [0, 0.05) is 24.8 Å². The molecule has 38 heavy (non-hydrogen) atoms. The van der Waals surface area contributed by atoms with E-state index in [1.807, 2.05) is 36.4 Å². The molecule has 0 aliphatic carbocycles. The summed E-state index contributed by atoms with van der Waals surface area (Å²) in [6.45, 7) is 1.99. The Morgan fingerprint density at radius 2 is 1.84 bits per heavy atom. The molecule has 1 aliphatic rings. The number of aromatic amines is 1. The third kappa shape index (κ3) is 4.90. The van der Waals surface area contributed by atoms with Gasteiger partial charge in [-0.25, -0.2) is 0 Å². The van der Waals surface area contributed by atoms with Gasteiger partial charge in [-0.3, -0.25) is 5.10 Å². The van der Waals surface area contributed by atoms with E-state index in [-0.39, 0.29) is 12.0 Å². The lowest BCUT2D eigenvalue weighted by Gasteiger charge is -2.37. The van der Waals surface area contributed by atoms with E-state index in [2.05, 4.69) is 66.8 Å². The second-order valence-electron chi connectivity index (χ2n) is 9.38. The number of nitrogen functional groups attached to an aromatic ring is 1. The zero-order valence-electron chi connectivity index (χ0n) is 21.1. The number of benzene rings is 3. The first-order valence-electron chi connectivity index (χ1n) is 12.6. The number of rotatable bonds is 8. The van der Waals surface area contributed by atoms with Gasteiger partial charge in [0.15, 0.2) is 17.1 Å². The van der Waals surface area contributed by atoms with Gasteiger partial charge >= 0.3 is 0 Å². The largest absolute Gasteiger partial charge is 0.493 e. The second-order valence-corrected chi connectivity index (χ2v) is 9.38. The van der Waals surface area contributed by atoms with Crippen molar-refractivity contribution in [2.45, 2.75) is 25.6 Å². The first-order chi connectivity index (χ1) is 18.7. The van der Waals surface area contributed by atoms with Gasteiger partial charge in [0.1, 0.15) is 12.4 Å². The summed E-state index contributed by atoms with van der Waals surface area (Å²) in [6.07, 6.45) is 2.59. The lowest BCUT2D eigenvalue weighted by molar-refractivity contribution is 0.284. The first kappa shape index (κ1) is 23.6. The number of nitrogens with one attached hydrogen (secondary N) is 2. The number of H-pyrrole nitrogens is 1. The summed E-state index contributed by atoms with van der Waals surface area (Å²) < 4.78 is 11.7. The minimum absolute atomic E-state index is 0.118. The van der Waals surface area contributed by atoms with Crippen molar-refractivity contribution < 1.29 is 9.47 Å². The smallest absolute Gasteiger partial charge is 0.224 e. The predicted molar refractivity (Wildman–Crippen MR) is 148 cm³/mol. The summed E-state index contributed by atoms with van der Waals surface area (Å²) in [5, 5.41) is 11.4. The van der Waals surface area contributed by atoms with Crippen molar-refractivity contribution in [3.8, 4) is 11.5 Å². The van der Waals surface area contributed by atoms with Crippen molar-refractivity contribution in [1.82, 2.24) is 20.2 Å². The molecule has 0 fully saturated rings. The summed E-state index contributed by atoms with van der Waals surface area (Å²) in [7, 11) is 1.68. The van der Waals surface area contributed by atoms with Gasteiger partial charge in [-0.1, -0.05) is 54.6 Å². The van der Waals surface area contributed by atoms with E-state index in [4.69, 9.17) is 15.2 Å². The van der Waals surface area contributed by atoms with Crippen LogP contribution in [0.15, 0.2) is 79.0 Å². The van der Waals surface area contributed by atoms with E-state index in [1.165, 1.54) is 11.3 Å². The van der Waals surface area contributed by atoms with Crippen LogP contribution in [0.5, 0.6) is 11.5 Å². The quantitative estimate of drug-likeness (QED) is 0.280. The minimum Gasteiger partial charge on any atom is -0.493 e. The van der Waals surface area contributed by atoms with Crippen molar-refractivity contribution in [2.24, 2.45) is 0 Å². The maximum atomic E-state index is 6.06. The molecular weight excluding hydrogens is 478 g/mol. The summed E-state index contributed by atoms with van der Waals surface area (Å²) in [5.41, 5.74) is 11.3. The molecule has 6 rings (SSSR count). The van der Waals surface area contributed by atoms with Crippen LogP contribution in [0, 0.1) is 0 Å². The number of para-hydroxylation sites is 1. The summed E-state index contributed by atoms with van der Waals surface area (Å²) >= 11 is 0. The van der Waals surface area contributed by atoms with E-state index in [0.29, 0.717) is 18.1 Å². The number of nitrogens with two attached hydrogens (primary N) is 1. The number of hydrogen-bond donors (Lipinski definition) is 3. The molecule has 1 aliphatic heterocycles. The fraction of sp³-hybridized carbons (Fsp3) is 0.207. The van der Waals surface area contributed by atoms with Gasteiger partial charge in [0.25, 0.3) is 0 Å². The normalized spacial score (nSPS) is 14.8. The molecule has 5 aromatic rings. The van der Waals surface area contributed by atoms with Crippen LogP contribution in [0.3, 0.4) is 0 Å². The van der Waals surface area contributed by atoms with Gasteiger partial charge in [-0.05, 0) is 41.3 Å². The number of hydrogen-bond acceptors (Lipinski definition) is 8.